The molecule has 0 aliphatic carbocycles. The van der Waals surface area contributed by atoms with Crippen molar-refractivity contribution in [1.82, 2.24) is 5.32 Å². The van der Waals surface area contributed by atoms with Crippen LogP contribution in [0.25, 0.3) is 0 Å². The standard InChI is InChI=1S/C13H17BrClNO2/c14-11-1-2-12(15)10(7-11)8-16-13(9-17)3-5-18-6-4-13/h1-2,7,16-17H,3-6,8-9H2. The first-order valence-electron chi connectivity index (χ1n) is 6.03. The molecule has 5 heteroatoms. The molecule has 0 unspecified atom stereocenters. The molecule has 2 N–H and O–H groups in total. The molecule has 1 aromatic rings. The summed E-state index contributed by atoms with van der Waals surface area (Å²) < 4.78 is 6.34. The van der Waals surface area contributed by atoms with Crippen molar-refractivity contribution in [2.45, 2.75) is 24.9 Å². The number of aliphatic hydroxyl groups excluding tert-OH is 1. The molecule has 1 aliphatic heterocycles. The van der Waals surface area contributed by atoms with E-state index in [1.54, 1.807) is 0 Å². The molecule has 0 aromatic heterocycles. The Morgan fingerprint density at radius 1 is 1.39 bits per heavy atom. The normalized spacial score (nSPS) is 18.8. The number of ether oxygens (including phenoxy) is 1. The van der Waals surface area contributed by atoms with Crippen molar-refractivity contribution < 1.29 is 9.84 Å². The van der Waals surface area contributed by atoms with Crippen LogP contribution in [0.3, 0.4) is 0 Å². The zero-order valence-corrected chi connectivity index (χ0v) is 12.4. The summed E-state index contributed by atoms with van der Waals surface area (Å²) in [4.78, 5) is 0. The predicted octanol–water partition coefficient (Wildman–Crippen LogP) is 2.73. The molecule has 1 saturated heterocycles. The van der Waals surface area contributed by atoms with Crippen LogP contribution in [0.5, 0.6) is 0 Å². The zero-order chi connectivity index (χ0) is 13.0. The summed E-state index contributed by atoms with van der Waals surface area (Å²) in [6.45, 7) is 2.17. The third-order valence-corrected chi connectivity index (χ3v) is 4.28. The van der Waals surface area contributed by atoms with E-state index in [-0.39, 0.29) is 12.1 Å². The Bertz CT molecular complexity index is 408. The Morgan fingerprint density at radius 2 is 2.11 bits per heavy atom. The van der Waals surface area contributed by atoms with Gasteiger partial charge in [-0.15, -0.1) is 0 Å². The lowest BCUT2D eigenvalue weighted by atomic mass is 9.90. The first-order chi connectivity index (χ1) is 8.65. The molecule has 1 aromatic carbocycles. The van der Waals surface area contributed by atoms with Crippen LogP contribution in [0.1, 0.15) is 18.4 Å². The maximum atomic E-state index is 9.58. The van der Waals surface area contributed by atoms with Crippen LogP contribution in [0, 0.1) is 0 Å². The highest BCUT2D eigenvalue weighted by Gasteiger charge is 2.31. The maximum Gasteiger partial charge on any atom is 0.0615 e. The Hall–Kier alpha value is -0.130. The Kier molecular flexibility index (Phi) is 5.04. The smallest absolute Gasteiger partial charge is 0.0615 e. The van der Waals surface area contributed by atoms with Crippen LogP contribution >= 0.6 is 27.5 Å². The molecule has 3 nitrogen and oxygen atoms in total. The zero-order valence-electron chi connectivity index (χ0n) is 10.1. The van der Waals surface area contributed by atoms with Gasteiger partial charge in [0.1, 0.15) is 0 Å². The minimum Gasteiger partial charge on any atom is -0.394 e. The van der Waals surface area contributed by atoms with E-state index in [1.165, 1.54) is 0 Å². The topological polar surface area (TPSA) is 41.5 Å². The number of halogens is 2. The highest BCUT2D eigenvalue weighted by molar-refractivity contribution is 9.10. The fraction of sp³-hybridized carbons (Fsp3) is 0.538. The summed E-state index contributed by atoms with van der Waals surface area (Å²) in [5, 5.41) is 13.8. The highest BCUT2D eigenvalue weighted by Crippen LogP contribution is 2.24. The summed E-state index contributed by atoms with van der Waals surface area (Å²) in [6.07, 6.45) is 1.66. The second-order valence-corrected chi connectivity index (χ2v) is 5.96. The van der Waals surface area contributed by atoms with Crippen molar-refractivity contribution in [2.75, 3.05) is 19.8 Å². The largest absolute Gasteiger partial charge is 0.394 e. The fourth-order valence-corrected chi connectivity index (χ4v) is 2.71. The molecule has 2 rings (SSSR count). The molecule has 0 bridgehead atoms. The molecule has 1 aliphatic rings. The van der Waals surface area contributed by atoms with Gasteiger partial charge < -0.3 is 15.2 Å². The van der Waals surface area contributed by atoms with E-state index in [1.807, 2.05) is 18.2 Å². The van der Waals surface area contributed by atoms with Crippen LogP contribution in [0.15, 0.2) is 22.7 Å². The van der Waals surface area contributed by atoms with Gasteiger partial charge >= 0.3 is 0 Å². The summed E-state index contributed by atoms with van der Waals surface area (Å²) in [7, 11) is 0. The first kappa shape index (κ1) is 14.3. The number of hydrogen-bond acceptors (Lipinski definition) is 3. The Balaban J connectivity index is 2.03. The lowest BCUT2D eigenvalue weighted by molar-refractivity contribution is 0.0112. The van der Waals surface area contributed by atoms with Crippen molar-refractivity contribution >= 4 is 27.5 Å². The molecule has 0 spiro atoms. The van der Waals surface area contributed by atoms with Gasteiger partial charge in [-0.05, 0) is 36.6 Å². The fourth-order valence-electron chi connectivity index (χ4n) is 2.11. The lowest BCUT2D eigenvalue weighted by Crippen LogP contribution is -2.51. The van der Waals surface area contributed by atoms with Crippen molar-refractivity contribution in [3.63, 3.8) is 0 Å². The van der Waals surface area contributed by atoms with E-state index in [0.29, 0.717) is 19.8 Å². The number of hydrogen-bond donors (Lipinski definition) is 2. The molecule has 0 amide bonds. The van der Waals surface area contributed by atoms with Gasteiger partial charge in [0.05, 0.1) is 6.61 Å². The molecule has 18 heavy (non-hydrogen) atoms. The van der Waals surface area contributed by atoms with Gasteiger partial charge in [-0.3, -0.25) is 0 Å². The molecule has 1 heterocycles. The number of nitrogens with one attached hydrogen (secondary N) is 1. The minimum absolute atomic E-state index is 0.127. The van der Waals surface area contributed by atoms with E-state index < -0.39 is 0 Å². The van der Waals surface area contributed by atoms with Crippen LogP contribution in [-0.2, 0) is 11.3 Å². The molecule has 1 fully saturated rings. The summed E-state index contributed by atoms with van der Waals surface area (Å²) in [6, 6.07) is 5.79. The third kappa shape index (κ3) is 3.45. The minimum atomic E-state index is -0.232. The van der Waals surface area contributed by atoms with Gasteiger partial charge in [-0.2, -0.15) is 0 Å². The van der Waals surface area contributed by atoms with Crippen molar-refractivity contribution in [1.29, 1.82) is 0 Å². The highest BCUT2D eigenvalue weighted by atomic mass is 79.9. The average molecular weight is 335 g/mol. The van der Waals surface area contributed by atoms with Gasteiger partial charge in [0.15, 0.2) is 0 Å². The van der Waals surface area contributed by atoms with Crippen LogP contribution in [0.2, 0.25) is 5.02 Å². The van der Waals surface area contributed by atoms with Crippen LogP contribution in [-0.4, -0.2) is 30.5 Å². The molecule has 0 saturated carbocycles. The van der Waals surface area contributed by atoms with E-state index in [2.05, 4.69) is 21.2 Å². The van der Waals surface area contributed by atoms with E-state index in [9.17, 15) is 5.11 Å². The van der Waals surface area contributed by atoms with Gasteiger partial charge in [-0.25, -0.2) is 0 Å². The van der Waals surface area contributed by atoms with E-state index >= 15 is 0 Å². The molecule has 100 valence electrons. The van der Waals surface area contributed by atoms with E-state index in [0.717, 1.165) is 27.9 Å². The molecular weight excluding hydrogens is 318 g/mol. The Morgan fingerprint density at radius 3 is 2.78 bits per heavy atom. The maximum absolute atomic E-state index is 9.58. The summed E-state index contributed by atoms with van der Waals surface area (Å²) in [5.41, 5.74) is 0.800. The van der Waals surface area contributed by atoms with E-state index in [4.69, 9.17) is 16.3 Å². The molecule has 0 atom stereocenters. The van der Waals surface area contributed by atoms with Crippen molar-refractivity contribution in [3.8, 4) is 0 Å². The van der Waals surface area contributed by atoms with Crippen molar-refractivity contribution in [2.24, 2.45) is 0 Å². The number of rotatable bonds is 4. The first-order valence-corrected chi connectivity index (χ1v) is 7.20. The summed E-state index contributed by atoms with van der Waals surface area (Å²) in [5.74, 6) is 0. The number of benzene rings is 1. The van der Waals surface area contributed by atoms with Crippen LogP contribution < -0.4 is 5.32 Å². The molecular formula is C13H17BrClNO2. The second-order valence-electron chi connectivity index (χ2n) is 4.64. The predicted molar refractivity (Wildman–Crippen MR) is 75.9 cm³/mol. The second kappa shape index (κ2) is 6.35. The monoisotopic (exact) mass is 333 g/mol. The van der Waals surface area contributed by atoms with Gasteiger partial charge in [0.2, 0.25) is 0 Å². The number of aliphatic hydroxyl groups is 1. The SMILES string of the molecule is OCC1(NCc2cc(Br)ccc2Cl)CCOCC1. The quantitative estimate of drug-likeness (QED) is 0.889. The summed E-state index contributed by atoms with van der Waals surface area (Å²) >= 11 is 9.59. The third-order valence-electron chi connectivity index (χ3n) is 3.41. The van der Waals surface area contributed by atoms with Crippen molar-refractivity contribution in [3.05, 3.63) is 33.3 Å². The van der Waals surface area contributed by atoms with Gasteiger partial charge in [0.25, 0.3) is 0 Å². The van der Waals surface area contributed by atoms with Gasteiger partial charge in [0, 0.05) is 34.8 Å². The lowest BCUT2D eigenvalue weighted by Gasteiger charge is -2.36. The average Bonchev–Trinajstić information content (AvgIpc) is 2.41. The Labute approximate surface area is 121 Å². The van der Waals surface area contributed by atoms with Crippen LogP contribution in [0.4, 0.5) is 0 Å². The van der Waals surface area contributed by atoms with Gasteiger partial charge in [-0.1, -0.05) is 27.5 Å². The molecule has 0 radical (unpaired) electrons.